The van der Waals surface area contributed by atoms with E-state index in [1.54, 1.807) is 10.6 Å². The van der Waals surface area contributed by atoms with E-state index in [0.717, 1.165) is 35.2 Å². The number of nitrogens with one attached hydrogen (secondary N) is 1. The molecule has 6 nitrogen and oxygen atoms in total. The Kier molecular flexibility index (Phi) is 6.55. The first kappa shape index (κ1) is 21.1. The Labute approximate surface area is 187 Å². The fourth-order valence-electron chi connectivity index (χ4n) is 3.46. The average molecular weight is 488 g/mol. The van der Waals surface area contributed by atoms with Crippen molar-refractivity contribution in [3.63, 3.8) is 0 Å². The number of anilines is 1. The zero-order chi connectivity index (χ0) is 21.1. The first-order chi connectivity index (χ1) is 14.5. The van der Waals surface area contributed by atoms with Crippen molar-refractivity contribution in [2.24, 2.45) is 0 Å². The Hall–Kier alpha value is -2.16. The van der Waals surface area contributed by atoms with Gasteiger partial charge in [-0.05, 0) is 55.7 Å². The fraction of sp³-hybridized carbons (Fsp3) is 0.318. The van der Waals surface area contributed by atoms with Crippen molar-refractivity contribution in [2.45, 2.75) is 37.6 Å². The molecule has 0 bridgehead atoms. The molecule has 1 aliphatic rings. The fourth-order valence-corrected chi connectivity index (χ4v) is 4.52. The second kappa shape index (κ2) is 9.32. The Morgan fingerprint density at radius 2 is 2.17 bits per heavy atom. The normalized spacial score (nSPS) is 16.1. The summed E-state index contributed by atoms with van der Waals surface area (Å²) in [5, 5.41) is 4.02. The SMILES string of the molecule is Cc1cc(NC(=O)CSc2nc3ccccc3c(=O)n2CC2CCCO2)ccc1Br. The Morgan fingerprint density at radius 1 is 1.33 bits per heavy atom. The van der Waals surface area contributed by atoms with Gasteiger partial charge in [-0.25, -0.2) is 4.98 Å². The lowest BCUT2D eigenvalue weighted by Crippen LogP contribution is -2.29. The van der Waals surface area contributed by atoms with Crippen molar-refractivity contribution in [3.8, 4) is 0 Å². The molecule has 0 aliphatic carbocycles. The summed E-state index contributed by atoms with van der Waals surface area (Å²) in [5.74, 6) is 0.0126. The monoisotopic (exact) mass is 487 g/mol. The molecule has 1 amide bonds. The number of halogens is 1. The van der Waals surface area contributed by atoms with E-state index in [4.69, 9.17) is 4.74 Å². The summed E-state index contributed by atoms with van der Waals surface area (Å²) in [6.45, 7) is 3.14. The van der Waals surface area contributed by atoms with Gasteiger partial charge in [0.2, 0.25) is 5.91 Å². The molecule has 8 heteroatoms. The number of hydrogen-bond acceptors (Lipinski definition) is 5. The number of carbonyl (C=O) groups is 1. The van der Waals surface area contributed by atoms with E-state index in [1.807, 2.05) is 43.3 Å². The summed E-state index contributed by atoms with van der Waals surface area (Å²) in [5.41, 5.74) is 2.33. The molecule has 0 spiro atoms. The molecule has 2 heterocycles. The summed E-state index contributed by atoms with van der Waals surface area (Å²) < 4.78 is 8.37. The van der Waals surface area contributed by atoms with Crippen molar-refractivity contribution in [3.05, 3.63) is 62.9 Å². The lowest BCUT2D eigenvalue weighted by molar-refractivity contribution is -0.113. The highest BCUT2D eigenvalue weighted by molar-refractivity contribution is 9.10. The number of thioether (sulfide) groups is 1. The van der Waals surface area contributed by atoms with Crippen molar-refractivity contribution in [1.82, 2.24) is 9.55 Å². The highest BCUT2D eigenvalue weighted by Gasteiger charge is 2.20. The second-order valence-corrected chi connectivity index (χ2v) is 9.06. The lowest BCUT2D eigenvalue weighted by Gasteiger charge is -2.16. The van der Waals surface area contributed by atoms with Crippen molar-refractivity contribution < 1.29 is 9.53 Å². The smallest absolute Gasteiger partial charge is 0.262 e. The van der Waals surface area contributed by atoms with Gasteiger partial charge < -0.3 is 10.1 Å². The van der Waals surface area contributed by atoms with Gasteiger partial charge in [0.15, 0.2) is 5.16 Å². The lowest BCUT2D eigenvalue weighted by atomic mass is 10.2. The summed E-state index contributed by atoms with van der Waals surface area (Å²) in [4.78, 5) is 30.3. The third kappa shape index (κ3) is 4.77. The molecule has 2 aromatic carbocycles. The van der Waals surface area contributed by atoms with Crippen LogP contribution < -0.4 is 10.9 Å². The van der Waals surface area contributed by atoms with Crippen LogP contribution in [0.1, 0.15) is 18.4 Å². The van der Waals surface area contributed by atoms with Gasteiger partial charge in [-0.15, -0.1) is 0 Å². The Balaban J connectivity index is 1.55. The Bertz CT molecular complexity index is 1140. The predicted octanol–water partition coefficient (Wildman–Crippen LogP) is 4.38. The van der Waals surface area contributed by atoms with Gasteiger partial charge >= 0.3 is 0 Å². The van der Waals surface area contributed by atoms with Gasteiger partial charge in [0.1, 0.15) is 0 Å². The Morgan fingerprint density at radius 3 is 2.93 bits per heavy atom. The molecular formula is C22H22BrN3O3S. The molecule has 156 valence electrons. The predicted molar refractivity (Wildman–Crippen MR) is 123 cm³/mol. The largest absolute Gasteiger partial charge is 0.376 e. The molecular weight excluding hydrogens is 466 g/mol. The van der Waals surface area contributed by atoms with E-state index in [-0.39, 0.29) is 23.3 Å². The van der Waals surface area contributed by atoms with Crippen LogP contribution in [0.5, 0.6) is 0 Å². The molecule has 1 aromatic heterocycles. The second-order valence-electron chi connectivity index (χ2n) is 7.26. The highest BCUT2D eigenvalue weighted by atomic mass is 79.9. The number of nitrogens with zero attached hydrogens (tertiary/aromatic N) is 2. The zero-order valence-electron chi connectivity index (χ0n) is 16.6. The average Bonchev–Trinajstić information content (AvgIpc) is 3.25. The number of fused-ring (bicyclic) bond motifs is 1. The van der Waals surface area contributed by atoms with Gasteiger partial charge in [0, 0.05) is 16.8 Å². The third-order valence-electron chi connectivity index (χ3n) is 5.01. The quantitative estimate of drug-likeness (QED) is 0.412. The molecule has 1 aliphatic heterocycles. The van der Waals surface area contributed by atoms with E-state index in [1.165, 1.54) is 11.8 Å². The first-order valence-corrected chi connectivity index (χ1v) is 11.6. The van der Waals surface area contributed by atoms with Crippen LogP contribution in [0.2, 0.25) is 0 Å². The third-order valence-corrected chi connectivity index (χ3v) is 6.88. The maximum absolute atomic E-state index is 13.1. The van der Waals surface area contributed by atoms with Crippen molar-refractivity contribution in [2.75, 3.05) is 17.7 Å². The molecule has 0 saturated carbocycles. The maximum atomic E-state index is 13.1. The minimum Gasteiger partial charge on any atom is -0.376 e. The van der Waals surface area contributed by atoms with E-state index >= 15 is 0 Å². The molecule has 0 radical (unpaired) electrons. The number of para-hydroxylation sites is 1. The molecule has 1 fully saturated rings. The number of rotatable bonds is 6. The highest BCUT2D eigenvalue weighted by Crippen LogP contribution is 2.23. The van der Waals surface area contributed by atoms with Gasteiger partial charge in [-0.2, -0.15) is 0 Å². The summed E-state index contributed by atoms with van der Waals surface area (Å²) in [6.07, 6.45) is 1.93. The summed E-state index contributed by atoms with van der Waals surface area (Å²) >= 11 is 4.73. The molecule has 30 heavy (non-hydrogen) atoms. The minimum atomic E-state index is -0.146. The molecule has 1 atom stereocenters. The molecule has 1 saturated heterocycles. The standard InChI is InChI=1S/C22H22BrN3O3S/c1-14-11-15(8-9-18(14)23)24-20(27)13-30-22-25-19-7-3-2-6-17(19)21(28)26(22)12-16-5-4-10-29-16/h2-3,6-9,11,16H,4-5,10,12-13H2,1H3,(H,24,27). The topological polar surface area (TPSA) is 73.2 Å². The van der Waals surface area contributed by atoms with Gasteiger partial charge in [-0.1, -0.05) is 39.8 Å². The van der Waals surface area contributed by atoms with Crippen molar-refractivity contribution >= 4 is 50.2 Å². The summed E-state index contributed by atoms with van der Waals surface area (Å²) in [7, 11) is 0. The van der Waals surface area contributed by atoms with E-state index in [9.17, 15) is 9.59 Å². The van der Waals surface area contributed by atoms with Crippen LogP contribution in [-0.4, -0.2) is 33.9 Å². The van der Waals surface area contributed by atoms with Crippen molar-refractivity contribution in [1.29, 1.82) is 0 Å². The van der Waals surface area contributed by atoms with Crippen LogP contribution in [-0.2, 0) is 16.1 Å². The van der Waals surface area contributed by atoms with Gasteiger partial charge in [-0.3, -0.25) is 14.2 Å². The zero-order valence-corrected chi connectivity index (χ0v) is 19.0. The molecule has 1 unspecified atom stereocenters. The number of carbonyl (C=O) groups excluding carboxylic acids is 1. The van der Waals surface area contributed by atoms with Crippen LogP contribution in [0.4, 0.5) is 5.69 Å². The number of amides is 1. The van der Waals surface area contributed by atoms with Gasteiger partial charge in [0.05, 0.1) is 29.3 Å². The van der Waals surface area contributed by atoms with E-state index in [2.05, 4.69) is 26.2 Å². The minimum absolute atomic E-state index is 0.00424. The number of aromatic nitrogens is 2. The van der Waals surface area contributed by atoms with Crippen LogP contribution in [0, 0.1) is 6.92 Å². The van der Waals surface area contributed by atoms with Crippen LogP contribution in [0.3, 0.4) is 0 Å². The number of ether oxygens (including phenoxy) is 1. The van der Waals surface area contributed by atoms with E-state index in [0.29, 0.717) is 22.6 Å². The van der Waals surface area contributed by atoms with Crippen LogP contribution in [0.25, 0.3) is 10.9 Å². The number of hydrogen-bond donors (Lipinski definition) is 1. The molecule has 1 N–H and O–H groups in total. The number of aryl methyl sites for hydroxylation is 1. The number of benzene rings is 2. The van der Waals surface area contributed by atoms with Crippen LogP contribution >= 0.6 is 27.7 Å². The maximum Gasteiger partial charge on any atom is 0.262 e. The van der Waals surface area contributed by atoms with Gasteiger partial charge in [0.25, 0.3) is 5.56 Å². The van der Waals surface area contributed by atoms with Crippen LogP contribution in [0.15, 0.2) is 56.9 Å². The molecule has 3 aromatic rings. The summed E-state index contributed by atoms with van der Waals surface area (Å²) in [6, 6.07) is 13.0. The molecule has 4 rings (SSSR count). The van der Waals surface area contributed by atoms with E-state index < -0.39 is 0 Å². The first-order valence-electron chi connectivity index (χ1n) is 9.81.